The first-order valence-electron chi connectivity index (χ1n) is 6.18. The van der Waals surface area contributed by atoms with E-state index in [9.17, 15) is 0 Å². The zero-order chi connectivity index (χ0) is 14.5. The van der Waals surface area contributed by atoms with Crippen LogP contribution in [0.4, 0.5) is 5.69 Å². The SMILES string of the molecule is CN(Cc1cccc(C#N)c1)c1ccc(Br)cc1CBr. The quantitative estimate of drug-likeness (QED) is 0.694. The largest absolute Gasteiger partial charge is 0.370 e. The predicted octanol–water partition coefficient (Wildman–Crippen LogP) is 4.85. The van der Waals surface area contributed by atoms with Crippen LogP contribution in [-0.4, -0.2) is 7.05 Å². The number of anilines is 1. The van der Waals surface area contributed by atoms with Gasteiger partial charge in [0.1, 0.15) is 0 Å². The molecule has 0 aliphatic carbocycles. The summed E-state index contributed by atoms with van der Waals surface area (Å²) in [6.45, 7) is 0.775. The molecule has 0 N–H and O–H groups in total. The first-order chi connectivity index (χ1) is 9.63. The van der Waals surface area contributed by atoms with Crippen LogP contribution in [0.3, 0.4) is 0 Å². The molecule has 0 amide bonds. The van der Waals surface area contributed by atoms with Crippen LogP contribution in [0.1, 0.15) is 16.7 Å². The van der Waals surface area contributed by atoms with Gasteiger partial charge in [-0.05, 0) is 41.5 Å². The van der Waals surface area contributed by atoms with E-state index < -0.39 is 0 Å². The van der Waals surface area contributed by atoms with Crippen molar-refractivity contribution in [3.63, 3.8) is 0 Å². The molecule has 0 aliphatic rings. The second kappa shape index (κ2) is 6.92. The van der Waals surface area contributed by atoms with Crippen molar-refractivity contribution in [3.05, 3.63) is 63.6 Å². The lowest BCUT2D eigenvalue weighted by atomic mass is 10.1. The molecule has 2 nitrogen and oxygen atoms in total. The van der Waals surface area contributed by atoms with Gasteiger partial charge in [0.15, 0.2) is 0 Å². The van der Waals surface area contributed by atoms with Crippen molar-refractivity contribution in [1.29, 1.82) is 5.26 Å². The van der Waals surface area contributed by atoms with E-state index in [4.69, 9.17) is 5.26 Å². The van der Waals surface area contributed by atoms with Crippen molar-refractivity contribution >= 4 is 37.5 Å². The standard InChI is InChI=1S/C16H14Br2N2/c1-20(11-13-4-2-3-12(7-13)10-19)16-6-5-15(18)8-14(16)9-17/h2-8H,9,11H2,1H3. The summed E-state index contributed by atoms with van der Waals surface area (Å²) in [6, 6.07) is 16.2. The Bertz CT molecular complexity index is 647. The highest BCUT2D eigenvalue weighted by Crippen LogP contribution is 2.27. The number of hydrogen-bond donors (Lipinski definition) is 0. The zero-order valence-electron chi connectivity index (χ0n) is 11.1. The van der Waals surface area contributed by atoms with Gasteiger partial charge >= 0.3 is 0 Å². The minimum Gasteiger partial charge on any atom is -0.370 e. The van der Waals surface area contributed by atoms with E-state index in [1.54, 1.807) is 0 Å². The smallest absolute Gasteiger partial charge is 0.0991 e. The van der Waals surface area contributed by atoms with E-state index >= 15 is 0 Å². The van der Waals surface area contributed by atoms with Crippen LogP contribution in [0.2, 0.25) is 0 Å². The van der Waals surface area contributed by atoms with Gasteiger partial charge in [0.2, 0.25) is 0 Å². The average molecular weight is 394 g/mol. The molecule has 0 radical (unpaired) electrons. The molecule has 4 heteroatoms. The van der Waals surface area contributed by atoms with Crippen molar-refractivity contribution in [1.82, 2.24) is 0 Å². The number of nitriles is 1. The van der Waals surface area contributed by atoms with Gasteiger partial charge in [0.05, 0.1) is 11.6 Å². The number of halogens is 2. The van der Waals surface area contributed by atoms with E-state index in [-0.39, 0.29) is 0 Å². The zero-order valence-corrected chi connectivity index (χ0v) is 14.3. The third-order valence-electron chi connectivity index (χ3n) is 3.07. The van der Waals surface area contributed by atoms with Gasteiger partial charge in [-0.25, -0.2) is 0 Å². The lowest BCUT2D eigenvalue weighted by molar-refractivity contribution is 0.916. The Morgan fingerprint density at radius 3 is 2.70 bits per heavy atom. The van der Waals surface area contributed by atoms with Crippen molar-refractivity contribution in [2.45, 2.75) is 11.9 Å². The van der Waals surface area contributed by atoms with Gasteiger partial charge in [-0.3, -0.25) is 0 Å². The van der Waals surface area contributed by atoms with E-state index in [1.165, 1.54) is 11.3 Å². The topological polar surface area (TPSA) is 27.0 Å². The number of hydrogen-bond acceptors (Lipinski definition) is 2. The maximum atomic E-state index is 8.95. The number of rotatable bonds is 4. The highest BCUT2D eigenvalue weighted by Gasteiger charge is 2.08. The second-order valence-corrected chi connectivity index (χ2v) is 6.05. The molecule has 102 valence electrons. The fourth-order valence-electron chi connectivity index (χ4n) is 2.13. The molecule has 2 aromatic rings. The molecule has 2 rings (SSSR count). The first kappa shape index (κ1) is 15.1. The maximum Gasteiger partial charge on any atom is 0.0991 e. The Morgan fingerprint density at radius 1 is 1.20 bits per heavy atom. The molecular formula is C16H14Br2N2. The van der Waals surface area contributed by atoms with Crippen LogP contribution in [0.25, 0.3) is 0 Å². The van der Waals surface area contributed by atoms with Crippen molar-refractivity contribution in [2.24, 2.45) is 0 Å². The molecular weight excluding hydrogens is 380 g/mol. The van der Waals surface area contributed by atoms with Crippen LogP contribution in [0, 0.1) is 11.3 Å². The lowest BCUT2D eigenvalue weighted by Crippen LogP contribution is -2.17. The average Bonchev–Trinajstić information content (AvgIpc) is 2.47. The maximum absolute atomic E-state index is 8.95. The highest BCUT2D eigenvalue weighted by atomic mass is 79.9. The van der Waals surface area contributed by atoms with Gasteiger partial charge in [-0.15, -0.1) is 0 Å². The van der Waals surface area contributed by atoms with E-state index in [0.29, 0.717) is 5.56 Å². The van der Waals surface area contributed by atoms with Gasteiger partial charge in [0, 0.05) is 29.1 Å². The minimum atomic E-state index is 0.701. The lowest BCUT2D eigenvalue weighted by Gasteiger charge is -2.22. The van der Waals surface area contributed by atoms with Gasteiger partial charge < -0.3 is 4.90 Å². The molecule has 0 saturated heterocycles. The van der Waals surface area contributed by atoms with Crippen LogP contribution in [-0.2, 0) is 11.9 Å². The van der Waals surface area contributed by atoms with Gasteiger partial charge in [-0.1, -0.05) is 44.0 Å². The Morgan fingerprint density at radius 2 is 2.00 bits per heavy atom. The number of alkyl halides is 1. The summed E-state index contributed by atoms with van der Waals surface area (Å²) in [7, 11) is 2.06. The van der Waals surface area contributed by atoms with Crippen molar-refractivity contribution < 1.29 is 0 Å². The normalized spacial score (nSPS) is 10.1. The first-order valence-corrected chi connectivity index (χ1v) is 8.10. The molecule has 0 unspecified atom stereocenters. The van der Waals surface area contributed by atoms with Gasteiger partial charge in [-0.2, -0.15) is 5.26 Å². The Kier molecular flexibility index (Phi) is 5.22. The fourth-order valence-corrected chi connectivity index (χ4v) is 2.99. The van der Waals surface area contributed by atoms with E-state index in [2.05, 4.69) is 62.0 Å². The number of benzene rings is 2. The minimum absolute atomic E-state index is 0.701. The van der Waals surface area contributed by atoms with Crippen LogP contribution in [0.5, 0.6) is 0 Å². The Labute approximate surface area is 136 Å². The third-order valence-corrected chi connectivity index (χ3v) is 4.17. The molecule has 0 saturated carbocycles. The molecule has 0 spiro atoms. The molecule has 0 fully saturated rings. The molecule has 2 aromatic carbocycles. The summed E-state index contributed by atoms with van der Waals surface area (Å²) >= 11 is 7.03. The predicted molar refractivity (Wildman–Crippen MR) is 90.0 cm³/mol. The molecule has 20 heavy (non-hydrogen) atoms. The monoisotopic (exact) mass is 392 g/mol. The van der Waals surface area contributed by atoms with Crippen molar-refractivity contribution in [2.75, 3.05) is 11.9 Å². The van der Waals surface area contributed by atoms with E-state index in [0.717, 1.165) is 21.9 Å². The summed E-state index contributed by atoms with van der Waals surface area (Å²) in [4.78, 5) is 2.19. The fraction of sp³-hybridized carbons (Fsp3) is 0.188. The van der Waals surface area contributed by atoms with Crippen molar-refractivity contribution in [3.8, 4) is 6.07 Å². The highest BCUT2D eigenvalue weighted by molar-refractivity contribution is 9.10. The van der Waals surface area contributed by atoms with Crippen LogP contribution < -0.4 is 4.90 Å². The molecule has 0 bridgehead atoms. The van der Waals surface area contributed by atoms with Crippen LogP contribution >= 0.6 is 31.9 Å². The summed E-state index contributed by atoms with van der Waals surface area (Å²) in [5.41, 5.74) is 4.26. The summed E-state index contributed by atoms with van der Waals surface area (Å²) in [5, 5.41) is 9.76. The molecule has 0 heterocycles. The van der Waals surface area contributed by atoms with Gasteiger partial charge in [0.25, 0.3) is 0 Å². The Balaban J connectivity index is 2.23. The second-order valence-electron chi connectivity index (χ2n) is 4.57. The summed E-state index contributed by atoms with van der Waals surface area (Å²) in [6.07, 6.45) is 0. The Hall–Kier alpha value is -1.31. The third kappa shape index (κ3) is 3.62. The van der Waals surface area contributed by atoms with E-state index in [1.807, 2.05) is 30.3 Å². The van der Waals surface area contributed by atoms with Crippen LogP contribution in [0.15, 0.2) is 46.9 Å². The molecule has 0 atom stereocenters. The number of nitrogens with zero attached hydrogens (tertiary/aromatic N) is 2. The molecule has 0 aromatic heterocycles. The summed E-state index contributed by atoms with van der Waals surface area (Å²) < 4.78 is 1.08. The molecule has 0 aliphatic heterocycles. The summed E-state index contributed by atoms with van der Waals surface area (Å²) in [5.74, 6) is 0.